The molecule has 37 heavy (non-hydrogen) atoms. The number of benzene rings is 1. The van der Waals surface area contributed by atoms with E-state index in [0.29, 0.717) is 24.8 Å². The fourth-order valence-corrected chi connectivity index (χ4v) is 5.68. The van der Waals surface area contributed by atoms with Crippen LogP contribution in [-0.2, 0) is 4.79 Å². The topological polar surface area (TPSA) is 76.7 Å². The van der Waals surface area contributed by atoms with Gasteiger partial charge in [-0.05, 0) is 49.2 Å². The normalized spacial score (nSPS) is 20.4. The number of likely N-dealkylation sites (tertiary alicyclic amines) is 1. The van der Waals surface area contributed by atoms with E-state index in [1.165, 1.54) is 23.4 Å². The number of amides is 1. The number of nitrogens with zero attached hydrogens (tertiary/aromatic N) is 4. The summed E-state index contributed by atoms with van der Waals surface area (Å²) in [5.74, 6) is 0.899. The SMILES string of the molecule is O=C(CN1CCN(C2=CCNc3cnc4[nH]ccc4c32)CC1)N1CCCC(COc2ccc(F)cc2)C1. The first-order valence-corrected chi connectivity index (χ1v) is 13.2. The van der Waals surface area contributed by atoms with Crippen LogP contribution in [0.1, 0.15) is 18.4 Å². The van der Waals surface area contributed by atoms with Gasteiger partial charge in [-0.1, -0.05) is 0 Å². The van der Waals surface area contributed by atoms with Crippen molar-refractivity contribution in [2.45, 2.75) is 12.8 Å². The van der Waals surface area contributed by atoms with Gasteiger partial charge in [0.15, 0.2) is 0 Å². The van der Waals surface area contributed by atoms with Crippen LogP contribution in [0, 0.1) is 11.7 Å². The van der Waals surface area contributed by atoms with E-state index in [2.05, 4.69) is 37.2 Å². The van der Waals surface area contributed by atoms with Gasteiger partial charge in [0.1, 0.15) is 17.2 Å². The smallest absolute Gasteiger partial charge is 0.236 e. The first-order valence-electron chi connectivity index (χ1n) is 13.2. The molecule has 2 N–H and O–H groups in total. The third kappa shape index (κ3) is 5.13. The molecule has 0 aliphatic carbocycles. The summed E-state index contributed by atoms with van der Waals surface area (Å²) in [6.45, 7) is 6.82. The summed E-state index contributed by atoms with van der Waals surface area (Å²) in [7, 11) is 0. The largest absolute Gasteiger partial charge is 0.493 e. The Morgan fingerprint density at radius 1 is 1.11 bits per heavy atom. The van der Waals surface area contributed by atoms with Gasteiger partial charge in [0.2, 0.25) is 5.91 Å². The van der Waals surface area contributed by atoms with Gasteiger partial charge < -0.3 is 24.8 Å². The van der Waals surface area contributed by atoms with Crippen LogP contribution in [0.25, 0.3) is 16.7 Å². The molecule has 0 spiro atoms. The first kappa shape index (κ1) is 23.8. The second-order valence-corrected chi connectivity index (χ2v) is 10.1. The zero-order valence-electron chi connectivity index (χ0n) is 21.0. The van der Waals surface area contributed by atoms with Crippen molar-refractivity contribution < 1.29 is 13.9 Å². The number of H-pyrrole nitrogens is 1. The molecule has 0 radical (unpaired) electrons. The second kappa shape index (κ2) is 10.4. The van der Waals surface area contributed by atoms with E-state index in [1.807, 2.05) is 17.3 Å². The number of hydrogen-bond donors (Lipinski definition) is 2. The summed E-state index contributed by atoms with van der Waals surface area (Å²) < 4.78 is 19.0. The summed E-state index contributed by atoms with van der Waals surface area (Å²) in [5, 5.41) is 4.58. The molecule has 0 bridgehead atoms. The predicted octanol–water partition coefficient (Wildman–Crippen LogP) is 3.40. The maximum Gasteiger partial charge on any atom is 0.236 e. The Morgan fingerprint density at radius 3 is 2.78 bits per heavy atom. The molecule has 1 unspecified atom stereocenters. The van der Waals surface area contributed by atoms with E-state index < -0.39 is 0 Å². The Kier molecular flexibility index (Phi) is 6.70. The van der Waals surface area contributed by atoms with Gasteiger partial charge in [0.05, 0.1) is 25.0 Å². The monoisotopic (exact) mass is 504 g/mol. The molecule has 2 aromatic heterocycles. The standard InChI is InChI=1S/C28H33FN6O2/c29-21-3-5-22(6-4-21)37-19-20-2-1-11-35(17-20)26(36)18-33-12-14-34(15-13-33)25-8-10-30-24-16-32-28-23(27(24)25)7-9-31-28/h3-9,16,20,30H,1-2,10-15,17-19H2,(H,31,32). The van der Waals surface area contributed by atoms with Crippen LogP contribution in [0.4, 0.5) is 10.1 Å². The molecule has 8 nitrogen and oxygen atoms in total. The molecule has 3 aliphatic heterocycles. The van der Waals surface area contributed by atoms with Crippen molar-refractivity contribution in [3.63, 3.8) is 0 Å². The van der Waals surface area contributed by atoms with E-state index in [0.717, 1.165) is 75.4 Å². The Balaban J connectivity index is 1.01. The van der Waals surface area contributed by atoms with Gasteiger partial charge in [-0.15, -0.1) is 0 Å². The van der Waals surface area contributed by atoms with Gasteiger partial charge in [-0.3, -0.25) is 9.69 Å². The highest BCUT2D eigenvalue weighted by molar-refractivity contribution is 5.96. The molecule has 6 rings (SSSR count). The highest BCUT2D eigenvalue weighted by Crippen LogP contribution is 2.35. The molecule has 9 heteroatoms. The Labute approximate surface area is 216 Å². The lowest BCUT2D eigenvalue weighted by Gasteiger charge is -2.40. The third-order valence-corrected chi connectivity index (χ3v) is 7.67. The summed E-state index contributed by atoms with van der Waals surface area (Å²) >= 11 is 0. The number of carbonyl (C=O) groups excluding carboxylic acids is 1. The number of fused-ring (bicyclic) bond motifs is 3. The molecule has 3 aliphatic rings. The summed E-state index contributed by atoms with van der Waals surface area (Å²) in [6, 6.07) is 8.20. The number of carbonyl (C=O) groups is 1. The van der Waals surface area contributed by atoms with E-state index >= 15 is 0 Å². The first-order chi connectivity index (χ1) is 18.1. The lowest BCUT2D eigenvalue weighted by Crippen LogP contribution is -2.51. The molecular weight excluding hydrogens is 471 g/mol. The Morgan fingerprint density at radius 2 is 1.95 bits per heavy atom. The molecule has 1 amide bonds. The average molecular weight is 505 g/mol. The Bertz CT molecular complexity index is 1280. The predicted molar refractivity (Wildman–Crippen MR) is 142 cm³/mol. The van der Waals surface area contributed by atoms with Crippen molar-refractivity contribution in [2.24, 2.45) is 5.92 Å². The minimum absolute atomic E-state index is 0.200. The number of aromatic amines is 1. The maximum absolute atomic E-state index is 13.1. The van der Waals surface area contributed by atoms with Crippen LogP contribution < -0.4 is 10.1 Å². The number of piperazine rings is 1. The number of anilines is 1. The van der Waals surface area contributed by atoms with E-state index in [1.54, 1.807) is 12.1 Å². The van der Waals surface area contributed by atoms with E-state index in [9.17, 15) is 9.18 Å². The molecule has 5 heterocycles. The minimum Gasteiger partial charge on any atom is -0.493 e. The highest BCUT2D eigenvalue weighted by Gasteiger charge is 2.28. The number of halogens is 1. The average Bonchev–Trinajstić information content (AvgIpc) is 3.42. The third-order valence-electron chi connectivity index (χ3n) is 7.67. The minimum atomic E-state index is -0.268. The van der Waals surface area contributed by atoms with Crippen LogP contribution in [0.15, 0.2) is 48.8 Å². The molecule has 1 aromatic carbocycles. The lowest BCUT2D eigenvalue weighted by atomic mass is 9.99. The molecule has 3 aromatic rings. The van der Waals surface area contributed by atoms with Gasteiger partial charge in [0.25, 0.3) is 0 Å². The zero-order chi connectivity index (χ0) is 25.2. The quantitative estimate of drug-likeness (QED) is 0.536. The summed E-state index contributed by atoms with van der Waals surface area (Å²) in [6.07, 6.45) is 8.14. The van der Waals surface area contributed by atoms with Crippen molar-refractivity contribution in [1.82, 2.24) is 24.7 Å². The number of piperidine rings is 1. The molecule has 2 saturated heterocycles. The lowest BCUT2D eigenvalue weighted by molar-refractivity contribution is -0.134. The van der Waals surface area contributed by atoms with Gasteiger partial charge >= 0.3 is 0 Å². The van der Waals surface area contributed by atoms with Crippen molar-refractivity contribution in [3.8, 4) is 5.75 Å². The number of hydrogen-bond acceptors (Lipinski definition) is 6. The van der Waals surface area contributed by atoms with Gasteiger partial charge in [-0.25, -0.2) is 9.37 Å². The van der Waals surface area contributed by atoms with Crippen molar-refractivity contribution in [2.75, 3.05) is 64.3 Å². The van der Waals surface area contributed by atoms with Crippen molar-refractivity contribution in [1.29, 1.82) is 0 Å². The molecular formula is C28H33FN6O2. The molecule has 1 atom stereocenters. The molecule has 0 saturated carbocycles. The maximum atomic E-state index is 13.1. The molecule has 194 valence electrons. The van der Waals surface area contributed by atoms with Crippen molar-refractivity contribution in [3.05, 3.63) is 60.2 Å². The number of rotatable bonds is 6. The van der Waals surface area contributed by atoms with Gasteiger partial charge in [-0.2, -0.15) is 0 Å². The van der Waals surface area contributed by atoms with Crippen LogP contribution >= 0.6 is 0 Å². The summed E-state index contributed by atoms with van der Waals surface area (Å²) in [4.78, 5) is 27.6. The molecule has 2 fully saturated rings. The Hall–Kier alpha value is -3.59. The van der Waals surface area contributed by atoms with E-state index in [-0.39, 0.29) is 11.7 Å². The number of nitrogens with one attached hydrogen (secondary N) is 2. The van der Waals surface area contributed by atoms with Crippen LogP contribution in [-0.4, -0.2) is 89.5 Å². The zero-order valence-corrected chi connectivity index (χ0v) is 21.0. The van der Waals surface area contributed by atoms with Crippen molar-refractivity contribution >= 4 is 28.3 Å². The van der Waals surface area contributed by atoms with E-state index in [4.69, 9.17) is 4.74 Å². The fourth-order valence-electron chi connectivity index (χ4n) is 5.68. The van der Waals surface area contributed by atoms with Crippen LogP contribution in [0.3, 0.4) is 0 Å². The van der Waals surface area contributed by atoms with Crippen LogP contribution in [0.2, 0.25) is 0 Å². The summed E-state index contributed by atoms with van der Waals surface area (Å²) in [5.41, 5.74) is 4.45. The second-order valence-electron chi connectivity index (χ2n) is 10.1. The number of ether oxygens (including phenoxy) is 1. The fraction of sp³-hybridized carbons (Fsp3) is 0.429. The van der Waals surface area contributed by atoms with Crippen LogP contribution in [0.5, 0.6) is 5.75 Å². The number of pyridine rings is 1. The van der Waals surface area contributed by atoms with Gasteiger partial charge in [0, 0.05) is 74.6 Å². The number of aromatic nitrogens is 2. The highest BCUT2D eigenvalue weighted by atomic mass is 19.1.